The Bertz CT molecular complexity index is 811. The maximum Gasteiger partial charge on any atom is 0.274 e. The van der Waals surface area contributed by atoms with Crippen LogP contribution >= 0.6 is 11.6 Å². The molecule has 1 aromatic heterocycles. The van der Waals surface area contributed by atoms with E-state index < -0.39 is 10.8 Å². The summed E-state index contributed by atoms with van der Waals surface area (Å²) in [5.41, 5.74) is 2.10. The average molecular weight is 335 g/mol. The Morgan fingerprint density at radius 1 is 1.43 bits per heavy atom. The molecule has 8 heteroatoms. The third-order valence-corrected chi connectivity index (χ3v) is 3.81. The van der Waals surface area contributed by atoms with Gasteiger partial charge in [0, 0.05) is 24.8 Å². The maximum atomic E-state index is 12.0. The van der Waals surface area contributed by atoms with Gasteiger partial charge in [0.2, 0.25) is 5.91 Å². The standard InChI is InChI=1S/C15H15ClN4O3/c1-9-12(5-4-6-13(9)20(22)23)17-14(21)8-7-11-10(2)18-19(3)15(11)16/h4-8H,1-3H3,(H,17,21)/b8-7+. The summed E-state index contributed by atoms with van der Waals surface area (Å²) in [4.78, 5) is 22.4. The van der Waals surface area contributed by atoms with Gasteiger partial charge in [0.05, 0.1) is 21.9 Å². The number of benzene rings is 1. The summed E-state index contributed by atoms with van der Waals surface area (Å²) in [7, 11) is 1.71. The summed E-state index contributed by atoms with van der Waals surface area (Å²) < 4.78 is 1.51. The zero-order valence-electron chi connectivity index (χ0n) is 12.8. The zero-order valence-corrected chi connectivity index (χ0v) is 13.6. The zero-order chi connectivity index (χ0) is 17.1. The molecule has 0 aliphatic rings. The number of nitrogens with one attached hydrogen (secondary N) is 1. The van der Waals surface area contributed by atoms with Gasteiger partial charge in [0.1, 0.15) is 5.15 Å². The predicted octanol–water partition coefficient (Wildman–Crippen LogP) is 3.25. The fourth-order valence-electron chi connectivity index (χ4n) is 2.13. The molecular weight excluding hydrogens is 320 g/mol. The Morgan fingerprint density at radius 2 is 2.13 bits per heavy atom. The van der Waals surface area contributed by atoms with Gasteiger partial charge >= 0.3 is 0 Å². The van der Waals surface area contributed by atoms with Crippen molar-refractivity contribution in [1.82, 2.24) is 9.78 Å². The van der Waals surface area contributed by atoms with Gasteiger partial charge in [-0.3, -0.25) is 19.6 Å². The van der Waals surface area contributed by atoms with E-state index in [0.29, 0.717) is 27.7 Å². The normalized spacial score (nSPS) is 11.0. The van der Waals surface area contributed by atoms with E-state index >= 15 is 0 Å². The van der Waals surface area contributed by atoms with E-state index in [9.17, 15) is 14.9 Å². The van der Waals surface area contributed by atoms with Crippen LogP contribution < -0.4 is 5.32 Å². The van der Waals surface area contributed by atoms with Crippen LogP contribution in [0, 0.1) is 24.0 Å². The second-order valence-corrected chi connectivity index (χ2v) is 5.30. The Balaban J connectivity index is 2.19. The van der Waals surface area contributed by atoms with E-state index in [0.717, 1.165) is 0 Å². The van der Waals surface area contributed by atoms with E-state index in [-0.39, 0.29) is 5.69 Å². The molecule has 0 saturated heterocycles. The molecule has 2 rings (SSSR count). The lowest BCUT2D eigenvalue weighted by Gasteiger charge is -2.06. The number of carbonyl (C=O) groups excluding carboxylic acids is 1. The van der Waals surface area contributed by atoms with Crippen molar-refractivity contribution in [2.45, 2.75) is 13.8 Å². The summed E-state index contributed by atoms with van der Waals surface area (Å²) in [6.45, 7) is 3.37. The summed E-state index contributed by atoms with van der Waals surface area (Å²) in [6.07, 6.45) is 2.88. The van der Waals surface area contributed by atoms with Gasteiger partial charge in [-0.25, -0.2) is 0 Å². The third-order valence-electron chi connectivity index (χ3n) is 3.36. The first-order chi connectivity index (χ1) is 10.8. The van der Waals surface area contributed by atoms with Crippen LogP contribution in [0.1, 0.15) is 16.8 Å². The number of nitro groups is 1. The molecule has 0 atom stereocenters. The summed E-state index contributed by atoms with van der Waals surface area (Å²) in [5.74, 6) is -0.409. The van der Waals surface area contributed by atoms with Crippen molar-refractivity contribution in [2.24, 2.45) is 7.05 Å². The van der Waals surface area contributed by atoms with Crippen LogP contribution in [0.4, 0.5) is 11.4 Å². The molecule has 1 aromatic carbocycles. The van der Waals surface area contributed by atoms with Crippen molar-refractivity contribution < 1.29 is 9.72 Å². The summed E-state index contributed by atoms with van der Waals surface area (Å²) >= 11 is 6.08. The third kappa shape index (κ3) is 3.57. The molecule has 0 bridgehead atoms. The molecule has 7 nitrogen and oxygen atoms in total. The molecule has 0 unspecified atom stereocenters. The van der Waals surface area contributed by atoms with Crippen molar-refractivity contribution in [1.29, 1.82) is 0 Å². The monoisotopic (exact) mass is 334 g/mol. The number of nitrogens with zero attached hydrogens (tertiary/aromatic N) is 3. The van der Waals surface area contributed by atoms with Gasteiger partial charge in [0.15, 0.2) is 0 Å². The summed E-state index contributed by atoms with van der Waals surface area (Å²) in [5, 5.41) is 18.1. The van der Waals surface area contributed by atoms with Crippen LogP contribution in [0.15, 0.2) is 24.3 Å². The highest BCUT2D eigenvalue weighted by atomic mass is 35.5. The van der Waals surface area contributed by atoms with Crippen molar-refractivity contribution in [3.63, 3.8) is 0 Å². The minimum Gasteiger partial charge on any atom is -0.322 e. The maximum absolute atomic E-state index is 12.0. The summed E-state index contributed by atoms with van der Waals surface area (Å²) in [6, 6.07) is 4.52. The first-order valence-electron chi connectivity index (χ1n) is 6.73. The fourth-order valence-corrected chi connectivity index (χ4v) is 2.36. The van der Waals surface area contributed by atoms with Crippen LogP contribution in [0.25, 0.3) is 6.08 Å². The van der Waals surface area contributed by atoms with Crippen molar-refractivity contribution in [3.05, 3.63) is 56.4 Å². The topological polar surface area (TPSA) is 90.1 Å². The van der Waals surface area contributed by atoms with E-state index in [1.54, 1.807) is 33.0 Å². The highest BCUT2D eigenvalue weighted by molar-refractivity contribution is 6.31. The van der Waals surface area contributed by atoms with E-state index in [4.69, 9.17) is 11.6 Å². The number of hydrogen-bond donors (Lipinski definition) is 1. The SMILES string of the molecule is Cc1nn(C)c(Cl)c1/C=C/C(=O)Nc1cccc([N+](=O)[O-])c1C. The Labute approximate surface area is 137 Å². The number of anilines is 1. The van der Waals surface area contributed by atoms with Crippen LogP contribution in [0.5, 0.6) is 0 Å². The van der Waals surface area contributed by atoms with Gasteiger partial charge in [-0.05, 0) is 26.0 Å². The molecule has 0 radical (unpaired) electrons. The highest BCUT2D eigenvalue weighted by Gasteiger charge is 2.14. The predicted molar refractivity (Wildman–Crippen MR) is 88.5 cm³/mol. The number of amides is 1. The molecule has 23 heavy (non-hydrogen) atoms. The lowest BCUT2D eigenvalue weighted by atomic mass is 10.1. The largest absolute Gasteiger partial charge is 0.322 e. The minimum absolute atomic E-state index is 0.0436. The fraction of sp³-hybridized carbons (Fsp3) is 0.200. The van der Waals surface area contributed by atoms with E-state index in [2.05, 4.69) is 10.4 Å². The molecule has 0 spiro atoms. The molecule has 0 saturated carbocycles. The molecule has 1 amide bonds. The second kappa shape index (κ2) is 6.62. The van der Waals surface area contributed by atoms with E-state index in [1.165, 1.54) is 22.9 Å². The lowest BCUT2D eigenvalue weighted by molar-refractivity contribution is -0.385. The Morgan fingerprint density at radius 3 is 2.70 bits per heavy atom. The van der Waals surface area contributed by atoms with Crippen LogP contribution in [0.2, 0.25) is 5.15 Å². The molecule has 0 fully saturated rings. The van der Waals surface area contributed by atoms with Gasteiger partial charge in [0.25, 0.3) is 5.69 Å². The first-order valence-corrected chi connectivity index (χ1v) is 7.11. The molecular formula is C15H15ClN4O3. The number of halogens is 1. The van der Waals surface area contributed by atoms with Crippen molar-refractivity contribution in [3.8, 4) is 0 Å². The molecule has 0 aliphatic carbocycles. The molecule has 120 valence electrons. The van der Waals surface area contributed by atoms with Crippen molar-refractivity contribution >= 4 is 35.0 Å². The van der Waals surface area contributed by atoms with E-state index in [1.807, 2.05) is 0 Å². The quantitative estimate of drug-likeness (QED) is 0.528. The van der Waals surface area contributed by atoms with Gasteiger partial charge in [-0.2, -0.15) is 5.10 Å². The lowest BCUT2D eigenvalue weighted by Crippen LogP contribution is -2.09. The number of nitro benzene ring substituents is 1. The van der Waals surface area contributed by atoms with Crippen LogP contribution in [0.3, 0.4) is 0 Å². The number of carbonyl (C=O) groups is 1. The van der Waals surface area contributed by atoms with Gasteiger partial charge < -0.3 is 5.32 Å². The average Bonchev–Trinajstić information content (AvgIpc) is 2.72. The number of aryl methyl sites for hydroxylation is 2. The van der Waals surface area contributed by atoms with Crippen LogP contribution in [-0.2, 0) is 11.8 Å². The first kappa shape index (κ1) is 16.7. The number of hydrogen-bond acceptors (Lipinski definition) is 4. The Kier molecular flexibility index (Phi) is 4.80. The van der Waals surface area contributed by atoms with Gasteiger partial charge in [-0.15, -0.1) is 0 Å². The smallest absolute Gasteiger partial charge is 0.274 e. The molecule has 1 N–H and O–H groups in total. The molecule has 2 aromatic rings. The van der Waals surface area contributed by atoms with Crippen molar-refractivity contribution in [2.75, 3.05) is 5.32 Å². The highest BCUT2D eigenvalue weighted by Crippen LogP contribution is 2.25. The second-order valence-electron chi connectivity index (χ2n) is 4.94. The number of aromatic nitrogens is 2. The van der Waals surface area contributed by atoms with Gasteiger partial charge in [-0.1, -0.05) is 17.7 Å². The molecule has 1 heterocycles. The Hall–Kier alpha value is -2.67. The number of rotatable bonds is 4. The molecule has 0 aliphatic heterocycles. The minimum atomic E-state index is -0.487. The van der Waals surface area contributed by atoms with Crippen LogP contribution in [-0.4, -0.2) is 20.6 Å².